The number of hydrogen-bond donors (Lipinski definition) is 1. The van der Waals surface area contributed by atoms with Gasteiger partial charge in [-0.3, -0.25) is 9.59 Å². The zero-order chi connectivity index (χ0) is 10.6. The third-order valence-electron chi connectivity index (χ3n) is 4.59. The Hall–Kier alpha value is -0.860. The van der Waals surface area contributed by atoms with Gasteiger partial charge in [-0.1, -0.05) is 13.8 Å². The second-order valence-electron chi connectivity index (χ2n) is 5.24. The van der Waals surface area contributed by atoms with Crippen LogP contribution in [0.5, 0.6) is 0 Å². The summed E-state index contributed by atoms with van der Waals surface area (Å²) in [7, 11) is 0. The molecule has 0 radical (unpaired) electrons. The number of rotatable bonds is 2. The van der Waals surface area contributed by atoms with E-state index < -0.39 is 11.4 Å². The smallest absolute Gasteiger partial charge is 0.304 e. The lowest BCUT2D eigenvalue weighted by Gasteiger charge is -2.35. The lowest BCUT2D eigenvalue weighted by atomic mass is 9.67. The van der Waals surface area contributed by atoms with Crippen molar-refractivity contribution in [2.45, 2.75) is 39.5 Å². The highest BCUT2D eigenvalue weighted by Crippen LogP contribution is 2.65. The molecular formula is C11H16O3. The van der Waals surface area contributed by atoms with Crippen LogP contribution in [0.15, 0.2) is 0 Å². The molecule has 0 heterocycles. The van der Waals surface area contributed by atoms with Gasteiger partial charge in [0.1, 0.15) is 5.78 Å². The van der Waals surface area contributed by atoms with Crippen LogP contribution in [0.3, 0.4) is 0 Å². The minimum absolute atomic E-state index is 0.0231. The average Bonchev–Trinajstić information content (AvgIpc) is 2.36. The Bertz CT molecular complexity index is 306. The van der Waals surface area contributed by atoms with Crippen molar-refractivity contribution < 1.29 is 14.7 Å². The fourth-order valence-electron chi connectivity index (χ4n) is 3.44. The molecule has 0 aliphatic heterocycles. The van der Waals surface area contributed by atoms with Crippen molar-refractivity contribution in [1.29, 1.82) is 0 Å². The molecule has 2 aliphatic carbocycles. The quantitative estimate of drug-likeness (QED) is 0.733. The van der Waals surface area contributed by atoms with Crippen LogP contribution in [0.2, 0.25) is 0 Å². The van der Waals surface area contributed by atoms with Crippen LogP contribution in [-0.2, 0) is 9.59 Å². The molecule has 0 spiro atoms. The lowest BCUT2D eigenvalue weighted by Crippen LogP contribution is -2.37. The summed E-state index contributed by atoms with van der Waals surface area (Å²) < 4.78 is 0. The van der Waals surface area contributed by atoms with Crippen molar-refractivity contribution >= 4 is 11.8 Å². The normalized spacial score (nSPS) is 39.0. The molecule has 0 saturated heterocycles. The van der Waals surface area contributed by atoms with Crippen molar-refractivity contribution in [3.8, 4) is 0 Å². The van der Waals surface area contributed by atoms with Gasteiger partial charge in [0.25, 0.3) is 0 Å². The van der Waals surface area contributed by atoms with Gasteiger partial charge in [0.2, 0.25) is 0 Å². The molecule has 14 heavy (non-hydrogen) atoms. The van der Waals surface area contributed by atoms with Crippen LogP contribution < -0.4 is 0 Å². The van der Waals surface area contributed by atoms with E-state index in [1.165, 1.54) is 0 Å². The SMILES string of the molecule is CC1(C)[C@H]2CC[C@@]1(CC(=O)O)C(=O)C2. The minimum Gasteiger partial charge on any atom is -0.481 e. The molecule has 3 nitrogen and oxygen atoms in total. The van der Waals surface area contributed by atoms with Crippen molar-refractivity contribution in [3.63, 3.8) is 0 Å². The third-order valence-corrected chi connectivity index (χ3v) is 4.59. The molecule has 2 rings (SSSR count). The van der Waals surface area contributed by atoms with Gasteiger partial charge >= 0.3 is 5.97 Å². The predicted octanol–water partition coefficient (Wildman–Crippen LogP) is 1.86. The first kappa shape index (κ1) is 9.69. The van der Waals surface area contributed by atoms with E-state index >= 15 is 0 Å². The number of hydrogen-bond acceptors (Lipinski definition) is 2. The Kier molecular flexibility index (Phi) is 1.79. The van der Waals surface area contributed by atoms with Gasteiger partial charge in [-0.2, -0.15) is 0 Å². The maximum absolute atomic E-state index is 11.8. The van der Waals surface area contributed by atoms with E-state index in [-0.39, 0.29) is 17.6 Å². The molecular weight excluding hydrogens is 180 g/mol. The number of Topliss-reactive ketones (excluding diaryl/α,β-unsaturated/α-hetero) is 1. The van der Waals surface area contributed by atoms with E-state index in [0.29, 0.717) is 12.3 Å². The maximum Gasteiger partial charge on any atom is 0.304 e. The molecule has 2 atom stereocenters. The first-order chi connectivity index (χ1) is 6.40. The van der Waals surface area contributed by atoms with Gasteiger partial charge in [0.05, 0.1) is 6.42 Å². The van der Waals surface area contributed by atoms with Crippen molar-refractivity contribution in [1.82, 2.24) is 0 Å². The molecule has 2 aliphatic rings. The number of carbonyl (C=O) groups excluding carboxylic acids is 1. The Balaban J connectivity index is 2.39. The molecule has 0 amide bonds. The largest absolute Gasteiger partial charge is 0.481 e. The molecule has 0 aromatic heterocycles. The fourth-order valence-corrected chi connectivity index (χ4v) is 3.44. The monoisotopic (exact) mass is 196 g/mol. The predicted molar refractivity (Wildman–Crippen MR) is 50.8 cm³/mol. The fraction of sp³-hybridized carbons (Fsp3) is 0.818. The number of ketones is 1. The number of fused-ring (bicyclic) bond motifs is 2. The Morgan fingerprint density at radius 2 is 2.21 bits per heavy atom. The van der Waals surface area contributed by atoms with Crippen LogP contribution in [0.4, 0.5) is 0 Å². The Labute approximate surface area is 83.5 Å². The summed E-state index contributed by atoms with van der Waals surface area (Å²) in [5.74, 6) is -0.246. The van der Waals surface area contributed by atoms with Crippen LogP contribution in [0.25, 0.3) is 0 Å². The topological polar surface area (TPSA) is 54.4 Å². The van der Waals surface area contributed by atoms with E-state index in [2.05, 4.69) is 13.8 Å². The van der Waals surface area contributed by atoms with Crippen LogP contribution in [0, 0.1) is 16.7 Å². The zero-order valence-electron chi connectivity index (χ0n) is 8.67. The van der Waals surface area contributed by atoms with Gasteiger partial charge < -0.3 is 5.11 Å². The number of carboxylic acid groups (broad SMARTS) is 1. The summed E-state index contributed by atoms with van der Waals surface area (Å²) in [4.78, 5) is 22.7. The maximum atomic E-state index is 11.8. The standard InChI is InChI=1S/C11H16O3/c1-10(2)7-3-4-11(10,6-9(13)14)8(12)5-7/h7H,3-6H2,1-2H3,(H,13,14)/t7-,11+/m0/s1. The van der Waals surface area contributed by atoms with Gasteiger partial charge in [0, 0.05) is 11.8 Å². The van der Waals surface area contributed by atoms with E-state index in [1.807, 2.05) is 0 Å². The van der Waals surface area contributed by atoms with Crippen molar-refractivity contribution in [2.24, 2.45) is 16.7 Å². The summed E-state index contributed by atoms with van der Waals surface area (Å²) >= 11 is 0. The summed E-state index contributed by atoms with van der Waals surface area (Å²) in [6.07, 6.45) is 2.41. The molecule has 2 saturated carbocycles. The first-order valence-corrected chi connectivity index (χ1v) is 5.15. The minimum atomic E-state index is -0.839. The molecule has 2 bridgehead atoms. The second-order valence-corrected chi connectivity index (χ2v) is 5.24. The first-order valence-electron chi connectivity index (χ1n) is 5.15. The lowest BCUT2D eigenvalue weighted by molar-refractivity contribution is -0.146. The van der Waals surface area contributed by atoms with Crippen molar-refractivity contribution in [2.75, 3.05) is 0 Å². The van der Waals surface area contributed by atoms with E-state index in [4.69, 9.17) is 5.11 Å². The molecule has 0 aromatic rings. The van der Waals surface area contributed by atoms with Gasteiger partial charge in [-0.25, -0.2) is 0 Å². The number of carboxylic acids is 1. The summed E-state index contributed by atoms with van der Waals surface area (Å²) in [6, 6.07) is 0. The zero-order valence-corrected chi connectivity index (χ0v) is 8.67. The Morgan fingerprint density at radius 3 is 2.57 bits per heavy atom. The summed E-state index contributed by atoms with van der Waals surface area (Å²) in [5.41, 5.74) is -0.661. The van der Waals surface area contributed by atoms with Crippen LogP contribution >= 0.6 is 0 Å². The number of aliphatic carboxylic acids is 1. The molecule has 3 heteroatoms. The van der Waals surface area contributed by atoms with Gasteiger partial charge in [-0.15, -0.1) is 0 Å². The van der Waals surface area contributed by atoms with Gasteiger partial charge in [0.15, 0.2) is 0 Å². The highest BCUT2D eigenvalue weighted by molar-refractivity contribution is 5.92. The summed E-state index contributed by atoms with van der Waals surface area (Å²) in [5, 5.41) is 8.89. The van der Waals surface area contributed by atoms with E-state index in [1.54, 1.807) is 0 Å². The van der Waals surface area contributed by atoms with E-state index in [9.17, 15) is 9.59 Å². The molecule has 0 unspecified atom stereocenters. The Morgan fingerprint density at radius 1 is 1.57 bits per heavy atom. The molecule has 2 fully saturated rings. The van der Waals surface area contributed by atoms with Crippen LogP contribution in [0.1, 0.15) is 39.5 Å². The van der Waals surface area contributed by atoms with Crippen LogP contribution in [-0.4, -0.2) is 16.9 Å². The number of carbonyl (C=O) groups is 2. The molecule has 78 valence electrons. The average molecular weight is 196 g/mol. The highest BCUT2D eigenvalue weighted by atomic mass is 16.4. The van der Waals surface area contributed by atoms with Crippen molar-refractivity contribution in [3.05, 3.63) is 0 Å². The highest BCUT2D eigenvalue weighted by Gasteiger charge is 2.64. The summed E-state index contributed by atoms with van der Waals surface area (Å²) in [6.45, 7) is 4.11. The second kappa shape index (κ2) is 2.59. The molecule has 1 N–H and O–H groups in total. The molecule has 0 aromatic carbocycles. The van der Waals surface area contributed by atoms with Gasteiger partial charge in [-0.05, 0) is 24.2 Å². The third kappa shape index (κ3) is 0.928. The van der Waals surface area contributed by atoms with E-state index in [0.717, 1.165) is 12.8 Å².